The van der Waals surface area contributed by atoms with E-state index in [1.54, 1.807) is 23.8 Å². The van der Waals surface area contributed by atoms with E-state index in [9.17, 15) is 15.0 Å². The molecule has 1 aliphatic rings. The number of phenolic OH excluding ortho intramolecular Hbond substituents is 1. The fourth-order valence-electron chi connectivity index (χ4n) is 4.23. The van der Waals surface area contributed by atoms with Gasteiger partial charge in [0.25, 0.3) is 0 Å². The van der Waals surface area contributed by atoms with E-state index < -0.39 is 6.10 Å². The Hall–Kier alpha value is -2.77. The molecule has 7 heteroatoms. The number of nitrogens with zero attached hydrogens (tertiary/aromatic N) is 1. The number of H-pyrrole nitrogens is 1. The Morgan fingerprint density at radius 1 is 1.34 bits per heavy atom. The number of rotatable bonds is 6. The molecule has 0 spiro atoms. The van der Waals surface area contributed by atoms with Crippen LogP contribution in [0.25, 0.3) is 11.0 Å². The van der Waals surface area contributed by atoms with Gasteiger partial charge in [0.2, 0.25) is 0 Å². The number of hydrogen-bond donors (Lipinski definition) is 4. The number of aromatic nitrogens is 2. The average Bonchev–Trinajstić information content (AvgIpc) is 2.97. The Kier molecular flexibility index (Phi) is 5.34. The highest BCUT2D eigenvalue weighted by Crippen LogP contribution is 2.30. The number of aliphatic hydroxyl groups is 1. The number of imidazole rings is 1. The third-order valence-electron chi connectivity index (χ3n) is 5.82. The van der Waals surface area contributed by atoms with Crippen LogP contribution >= 0.6 is 0 Å². The van der Waals surface area contributed by atoms with E-state index in [0.717, 1.165) is 34.3 Å². The molecule has 29 heavy (non-hydrogen) atoms. The number of benzene rings is 2. The lowest BCUT2D eigenvalue weighted by molar-refractivity contribution is 0.119. The molecule has 4 rings (SSSR count). The van der Waals surface area contributed by atoms with Crippen molar-refractivity contribution in [3.63, 3.8) is 0 Å². The Morgan fingerprint density at radius 3 is 2.97 bits per heavy atom. The summed E-state index contributed by atoms with van der Waals surface area (Å²) in [6, 6.07) is 10.8. The van der Waals surface area contributed by atoms with Crippen LogP contribution in [-0.4, -0.2) is 39.0 Å². The van der Waals surface area contributed by atoms with Gasteiger partial charge < -0.3 is 25.3 Å². The number of aromatic hydroxyl groups is 1. The van der Waals surface area contributed by atoms with Crippen molar-refractivity contribution in [3.8, 4) is 11.5 Å². The van der Waals surface area contributed by atoms with Crippen LogP contribution in [0.5, 0.6) is 11.5 Å². The molecule has 3 aromatic rings. The molecule has 0 amide bonds. The fraction of sp³-hybridized carbons (Fsp3) is 0.409. The Bertz CT molecular complexity index is 1070. The second-order valence-electron chi connectivity index (χ2n) is 7.77. The number of phenols is 1. The van der Waals surface area contributed by atoms with E-state index in [-0.39, 0.29) is 23.5 Å². The Labute approximate surface area is 169 Å². The number of aromatic amines is 1. The summed E-state index contributed by atoms with van der Waals surface area (Å²) >= 11 is 0. The minimum Gasteiger partial charge on any atom is -0.508 e. The van der Waals surface area contributed by atoms with Gasteiger partial charge in [0, 0.05) is 24.2 Å². The van der Waals surface area contributed by atoms with Crippen LogP contribution in [-0.2, 0) is 13.0 Å². The summed E-state index contributed by atoms with van der Waals surface area (Å²) in [5.74, 6) is 0.982. The SMILES string of the molecule is COc1ccc(O)c(CCC(C)NC2CCn3c(=O)[nH]c4cccc(c43)C2O)c1. The molecule has 4 N–H and O–H groups in total. The molecular formula is C22H27N3O4. The zero-order chi connectivity index (χ0) is 20.5. The predicted octanol–water partition coefficient (Wildman–Crippen LogP) is 2.46. The number of aliphatic hydroxyl groups excluding tert-OH is 1. The van der Waals surface area contributed by atoms with Crippen molar-refractivity contribution in [2.45, 2.75) is 50.9 Å². The molecule has 7 nitrogen and oxygen atoms in total. The highest BCUT2D eigenvalue weighted by atomic mass is 16.5. The third kappa shape index (κ3) is 3.75. The number of nitrogens with one attached hydrogen (secondary N) is 2. The van der Waals surface area contributed by atoms with Crippen LogP contribution in [0.15, 0.2) is 41.2 Å². The van der Waals surface area contributed by atoms with Crippen LogP contribution in [0.2, 0.25) is 0 Å². The maximum absolute atomic E-state index is 12.3. The zero-order valence-corrected chi connectivity index (χ0v) is 16.7. The van der Waals surface area contributed by atoms with E-state index >= 15 is 0 Å². The largest absolute Gasteiger partial charge is 0.508 e. The van der Waals surface area contributed by atoms with Gasteiger partial charge in [0.1, 0.15) is 11.5 Å². The summed E-state index contributed by atoms with van der Waals surface area (Å²) in [5, 5.41) is 24.6. The molecular weight excluding hydrogens is 370 g/mol. The lowest BCUT2D eigenvalue weighted by atomic mass is 9.98. The fourth-order valence-corrected chi connectivity index (χ4v) is 4.23. The lowest BCUT2D eigenvalue weighted by Crippen LogP contribution is -2.41. The van der Waals surface area contributed by atoms with Gasteiger partial charge in [-0.05, 0) is 56.0 Å². The third-order valence-corrected chi connectivity index (χ3v) is 5.82. The standard InChI is InChI=1S/C22H27N3O4/c1-13(6-7-14-12-15(29-2)8-9-19(14)26)23-18-10-11-25-20-16(21(18)27)4-3-5-17(20)24-22(25)28/h3-5,8-9,12-13,18,21,23,26-27H,6-7,10-11H2,1-2H3,(H,24,28). The molecule has 2 heterocycles. The van der Waals surface area contributed by atoms with E-state index in [0.29, 0.717) is 19.4 Å². The minimum absolute atomic E-state index is 0.121. The first-order valence-corrected chi connectivity index (χ1v) is 9.99. The van der Waals surface area contributed by atoms with Crippen molar-refractivity contribution >= 4 is 11.0 Å². The van der Waals surface area contributed by atoms with Gasteiger partial charge in [0.05, 0.1) is 24.2 Å². The summed E-state index contributed by atoms with van der Waals surface area (Å²) in [7, 11) is 1.61. The van der Waals surface area contributed by atoms with Crippen molar-refractivity contribution < 1.29 is 14.9 Å². The molecule has 154 valence electrons. The summed E-state index contributed by atoms with van der Waals surface area (Å²) in [6.45, 7) is 2.62. The van der Waals surface area contributed by atoms with E-state index in [1.807, 2.05) is 24.3 Å². The number of hydrogen-bond acceptors (Lipinski definition) is 5. The van der Waals surface area contributed by atoms with Crippen molar-refractivity contribution in [1.29, 1.82) is 0 Å². The number of aryl methyl sites for hydroxylation is 2. The summed E-state index contributed by atoms with van der Waals surface area (Å²) in [4.78, 5) is 15.1. The lowest BCUT2D eigenvalue weighted by Gasteiger charge is -2.26. The maximum Gasteiger partial charge on any atom is 0.326 e. The first-order valence-electron chi connectivity index (χ1n) is 9.99. The molecule has 0 radical (unpaired) electrons. The van der Waals surface area contributed by atoms with Crippen LogP contribution in [0.3, 0.4) is 0 Å². The molecule has 1 aliphatic heterocycles. The van der Waals surface area contributed by atoms with Crippen molar-refractivity contribution in [3.05, 3.63) is 58.0 Å². The van der Waals surface area contributed by atoms with E-state index in [1.165, 1.54) is 0 Å². The molecule has 3 unspecified atom stereocenters. The summed E-state index contributed by atoms with van der Waals surface area (Å²) in [6.07, 6.45) is 1.43. The van der Waals surface area contributed by atoms with Gasteiger partial charge in [-0.1, -0.05) is 12.1 Å². The average molecular weight is 397 g/mol. The smallest absolute Gasteiger partial charge is 0.326 e. The summed E-state index contributed by atoms with van der Waals surface area (Å²) < 4.78 is 6.95. The minimum atomic E-state index is -0.699. The number of ether oxygens (including phenoxy) is 1. The molecule has 0 bridgehead atoms. The van der Waals surface area contributed by atoms with Crippen LogP contribution in [0, 0.1) is 0 Å². The summed E-state index contributed by atoms with van der Waals surface area (Å²) in [5.41, 5.74) is 3.03. The zero-order valence-electron chi connectivity index (χ0n) is 16.7. The van der Waals surface area contributed by atoms with E-state index in [2.05, 4.69) is 17.2 Å². The van der Waals surface area contributed by atoms with Gasteiger partial charge in [0.15, 0.2) is 0 Å². The number of methoxy groups -OCH3 is 1. The molecule has 0 saturated carbocycles. The maximum atomic E-state index is 12.3. The van der Waals surface area contributed by atoms with Crippen molar-refractivity contribution in [2.24, 2.45) is 0 Å². The van der Waals surface area contributed by atoms with Crippen LogP contribution in [0.4, 0.5) is 0 Å². The van der Waals surface area contributed by atoms with Crippen LogP contribution in [0.1, 0.15) is 37.0 Å². The first-order chi connectivity index (χ1) is 14.0. The Morgan fingerprint density at radius 2 is 2.17 bits per heavy atom. The molecule has 2 aromatic carbocycles. The number of para-hydroxylation sites is 1. The van der Waals surface area contributed by atoms with Gasteiger partial charge in [-0.25, -0.2) is 4.79 Å². The van der Waals surface area contributed by atoms with Gasteiger partial charge >= 0.3 is 5.69 Å². The molecule has 0 aliphatic carbocycles. The predicted molar refractivity (Wildman–Crippen MR) is 112 cm³/mol. The topological polar surface area (TPSA) is 99.5 Å². The molecule has 1 aromatic heterocycles. The Balaban J connectivity index is 1.46. The molecule has 0 fully saturated rings. The molecule has 3 atom stereocenters. The quantitative estimate of drug-likeness (QED) is 0.512. The highest BCUT2D eigenvalue weighted by Gasteiger charge is 2.29. The van der Waals surface area contributed by atoms with Gasteiger partial charge in [-0.15, -0.1) is 0 Å². The second kappa shape index (κ2) is 7.93. The molecule has 0 saturated heterocycles. The highest BCUT2D eigenvalue weighted by molar-refractivity contribution is 5.79. The first kappa shape index (κ1) is 19.5. The van der Waals surface area contributed by atoms with Gasteiger partial charge in [-0.3, -0.25) is 4.57 Å². The van der Waals surface area contributed by atoms with Crippen LogP contribution < -0.4 is 15.7 Å². The van der Waals surface area contributed by atoms with Gasteiger partial charge in [-0.2, -0.15) is 0 Å². The monoisotopic (exact) mass is 397 g/mol. The van der Waals surface area contributed by atoms with E-state index in [4.69, 9.17) is 4.74 Å². The van der Waals surface area contributed by atoms with Crippen molar-refractivity contribution in [1.82, 2.24) is 14.9 Å². The second-order valence-corrected chi connectivity index (χ2v) is 7.77. The normalized spacial score (nSPS) is 19.8. The van der Waals surface area contributed by atoms with Crippen molar-refractivity contribution in [2.75, 3.05) is 7.11 Å².